The van der Waals surface area contributed by atoms with E-state index in [4.69, 9.17) is 0 Å². The molecular formula is C14H14Br2N2O3S2. The number of benzene rings is 1. The Morgan fingerprint density at radius 1 is 1.17 bits per heavy atom. The molecule has 0 saturated carbocycles. The number of nitrogens with one attached hydrogen (secondary N) is 1. The quantitative estimate of drug-likeness (QED) is 0.688. The van der Waals surface area contributed by atoms with Crippen LogP contribution in [0.15, 0.2) is 49.6 Å². The van der Waals surface area contributed by atoms with Gasteiger partial charge in [-0.3, -0.25) is 4.79 Å². The van der Waals surface area contributed by atoms with E-state index in [-0.39, 0.29) is 17.3 Å². The van der Waals surface area contributed by atoms with Crippen LogP contribution in [0.2, 0.25) is 0 Å². The van der Waals surface area contributed by atoms with Gasteiger partial charge >= 0.3 is 0 Å². The molecule has 0 fully saturated rings. The number of likely N-dealkylation sites (N-methyl/N-ethyl adjacent to an activating group) is 1. The molecule has 1 aromatic heterocycles. The molecule has 0 bridgehead atoms. The number of halogens is 2. The molecule has 0 aliphatic carbocycles. The van der Waals surface area contributed by atoms with Gasteiger partial charge in [0.15, 0.2) is 0 Å². The first-order chi connectivity index (χ1) is 10.8. The molecule has 0 aliphatic rings. The second-order valence-corrected chi connectivity index (χ2v) is 10.2. The summed E-state index contributed by atoms with van der Waals surface area (Å²) in [6, 6.07) is 10.1. The Hall–Kier alpha value is -0.740. The van der Waals surface area contributed by atoms with Crippen molar-refractivity contribution in [3.8, 4) is 0 Å². The minimum Gasteiger partial charge on any atom is -0.350 e. The van der Waals surface area contributed by atoms with Crippen molar-refractivity contribution in [1.82, 2.24) is 9.62 Å². The van der Waals surface area contributed by atoms with Gasteiger partial charge in [-0.15, -0.1) is 11.3 Å². The number of hydrogen-bond acceptors (Lipinski definition) is 4. The molecular weight excluding hydrogens is 468 g/mol. The van der Waals surface area contributed by atoms with Gasteiger partial charge in [-0.25, -0.2) is 8.42 Å². The van der Waals surface area contributed by atoms with E-state index in [1.165, 1.54) is 30.5 Å². The first-order valence-electron chi connectivity index (χ1n) is 6.52. The zero-order valence-electron chi connectivity index (χ0n) is 12.1. The Morgan fingerprint density at radius 3 is 2.39 bits per heavy atom. The predicted octanol–water partition coefficient (Wildman–Crippen LogP) is 3.21. The van der Waals surface area contributed by atoms with Crippen LogP contribution in [-0.2, 0) is 21.4 Å². The third-order valence-electron chi connectivity index (χ3n) is 2.98. The summed E-state index contributed by atoms with van der Waals surface area (Å²) in [6.07, 6.45) is 0. The Bertz CT molecular complexity index is 789. The van der Waals surface area contributed by atoms with E-state index in [1.807, 2.05) is 12.1 Å². The molecule has 0 spiro atoms. The van der Waals surface area contributed by atoms with E-state index in [1.54, 1.807) is 12.1 Å². The van der Waals surface area contributed by atoms with Crippen LogP contribution in [0.4, 0.5) is 0 Å². The number of thiophene rings is 1. The second-order valence-electron chi connectivity index (χ2n) is 4.70. The monoisotopic (exact) mass is 480 g/mol. The summed E-state index contributed by atoms with van der Waals surface area (Å²) < 4.78 is 27.6. The van der Waals surface area contributed by atoms with E-state index in [0.29, 0.717) is 6.54 Å². The van der Waals surface area contributed by atoms with Crippen LogP contribution in [0.3, 0.4) is 0 Å². The van der Waals surface area contributed by atoms with Crippen LogP contribution >= 0.6 is 43.2 Å². The van der Waals surface area contributed by atoms with E-state index in [0.717, 1.165) is 17.4 Å². The number of amides is 1. The summed E-state index contributed by atoms with van der Waals surface area (Å²) in [7, 11) is -2.30. The lowest BCUT2D eigenvalue weighted by molar-refractivity contribution is -0.121. The molecule has 124 valence electrons. The highest BCUT2D eigenvalue weighted by molar-refractivity contribution is 9.11. The van der Waals surface area contributed by atoms with Gasteiger partial charge in [0.05, 0.1) is 21.8 Å². The molecule has 0 saturated heterocycles. The van der Waals surface area contributed by atoms with Crippen molar-refractivity contribution in [3.63, 3.8) is 0 Å². The molecule has 0 radical (unpaired) electrons. The lowest BCUT2D eigenvalue weighted by Crippen LogP contribution is -2.38. The first kappa shape index (κ1) is 18.6. The van der Waals surface area contributed by atoms with E-state index in [2.05, 4.69) is 37.2 Å². The number of carbonyl (C=O) groups is 1. The van der Waals surface area contributed by atoms with Gasteiger partial charge in [0, 0.05) is 16.4 Å². The number of carbonyl (C=O) groups excluding carboxylic acids is 1. The van der Waals surface area contributed by atoms with E-state index < -0.39 is 10.0 Å². The molecule has 0 aliphatic heterocycles. The maximum atomic E-state index is 12.4. The molecule has 0 atom stereocenters. The zero-order valence-corrected chi connectivity index (χ0v) is 16.9. The molecule has 9 heteroatoms. The van der Waals surface area contributed by atoms with Gasteiger partial charge in [-0.1, -0.05) is 15.9 Å². The second kappa shape index (κ2) is 7.89. The maximum absolute atomic E-state index is 12.4. The predicted molar refractivity (Wildman–Crippen MR) is 97.8 cm³/mol. The molecule has 1 heterocycles. The van der Waals surface area contributed by atoms with Crippen molar-refractivity contribution in [1.29, 1.82) is 0 Å². The van der Waals surface area contributed by atoms with Gasteiger partial charge in [0.2, 0.25) is 15.9 Å². The van der Waals surface area contributed by atoms with Gasteiger partial charge < -0.3 is 5.32 Å². The maximum Gasteiger partial charge on any atom is 0.243 e. The highest BCUT2D eigenvalue weighted by atomic mass is 79.9. The van der Waals surface area contributed by atoms with Crippen LogP contribution < -0.4 is 5.32 Å². The van der Waals surface area contributed by atoms with Crippen molar-refractivity contribution in [2.75, 3.05) is 13.6 Å². The Balaban J connectivity index is 1.95. The lowest BCUT2D eigenvalue weighted by Gasteiger charge is -2.16. The summed E-state index contributed by atoms with van der Waals surface area (Å²) in [5.74, 6) is -0.349. The fourth-order valence-electron chi connectivity index (χ4n) is 1.76. The van der Waals surface area contributed by atoms with E-state index >= 15 is 0 Å². The zero-order chi connectivity index (χ0) is 17.0. The average molecular weight is 482 g/mol. The number of hydrogen-bond donors (Lipinski definition) is 1. The Morgan fingerprint density at radius 2 is 1.83 bits per heavy atom. The average Bonchev–Trinajstić information content (AvgIpc) is 2.91. The fraction of sp³-hybridized carbons (Fsp3) is 0.214. The standard InChI is InChI=1S/C14H14Br2N2O3S2/c1-18(23(20,21)12-5-2-10(15)3-6-12)9-14(19)17-8-11-4-7-13(16)22-11/h2-7H,8-9H2,1H3,(H,17,19). The first-order valence-corrected chi connectivity index (χ1v) is 10.4. The number of sulfonamides is 1. The van der Waals surface area contributed by atoms with E-state index in [9.17, 15) is 13.2 Å². The van der Waals surface area contributed by atoms with Crippen molar-refractivity contribution >= 4 is 59.1 Å². The largest absolute Gasteiger partial charge is 0.350 e. The van der Waals surface area contributed by atoms with Crippen molar-refractivity contribution in [2.45, 2.75) is 11.4 Å². The van der Waals surface area contributed by atoms with Crippen molar-refractivity contribution < 1.29 is 13.2 Å². The molecule has 5 nitrogen and oxygen atoms in total. The van der Waals surface area contributed by atoms with Crippen LogP contribution in [0.5, 0.6) is 0 Å². The summed E-state index contributed by atoms with van der Waals surface area (Å²) in [5.41, 5.74) is 0. The summed E-state index contributed by atoms with van der Waals surface area (Å²) >= 11 is 8.13. The molecule has 2 aromatic rings. The molecule has 2 rings (SSSR count). The lowest BCUT2D eigenvalue weighted by atomic mass is 10.4. The fourth-order valence-corrected chi connectivity index (χ4v) is 4.58. The van der Waals surface area contributed by atoms with Gasteiger partial charge in [-0.2, -0.15) is 4.31 Å². The molecule has 1 aromatic carbocycles. The van der Waals surface area contributed by atoms with Crippen LogP contribution in [0.1, 0.15) is 4.88 Å². The third kappa shape index (κ3) is 5.12. The molecule has 0 unspecified atom stereocenters. The van der Waals surface area contributed by atoms with Crippen LogP contribution in [-0.4, -0.2) is 32.2 Å². The topological polar surface area (TPSA) is 66.5 Å². The summed E-state index contributed by atoms with van der Waals surface area (Å²) in [4.78, 5) is 13.1. The van der Waals surface area contributed by atoms with Crippen molar-refractivity contribution in [3.05, 3.63) is 49.5 Å². The van der Waals surface area contributed by atoms with Crippen LogP contribution in [0, 0.1) is 0 Å². The summed E-state index contributed by atoms with van der Waals surface area (Å²) in [6.45, 7) is 0.145. The highest BCUT2D eigenvalue weighted by Crippen LogP contribution is 2.21. The number of nitrogens with zero attached hydrogens (tertiary/aromatic N) is 1. The molecule has 23 heavy (non-hydrogen) atoms. The smallest absolute Gasteiger partial charge is 0.243 e. The van der Waals surface area contributed by atoms with Crippen LogP contribution in [0.25, 0.3) is 0 Å². The summed E-state index contributed by atoms with van der Waals surface area (Å²) in [5, 5.41) is 2.71. The molecule has 1 amide bonds. The third-order valence-corrected chi connectivity index (χ3v) is 6.95. The SMILES string of the molecule is CN(CC(=O)NCc1ccc(Br)s1)S(=O)(=O)c1ccc(Br)cc1. The minimum absolute atomic E-state index is 0.151. The van der Waals surface area contributed by atoms with Gasteiger partial charge in [-0.05, 0) is 52.3 Å². The number of rotatable bonds is 6. The van der Waals surface area contributed by atoms with Gasteiger partial charge in [0.1, 0.15) is 0 Å². The molecule has 1 N–H and O–H groups in total. The Labute approximate surface area is 156 Å². The highest BCUT2D eigenvalue weighted by Gasteiger charge is 2.22. The van der Waals surface area contributed by atoms with Crippen molar-refractivity contribution in [2.24, 2.45) is 0 Å². The Kier molecular flexibility index (Phi) is 6.38. The minimum atomic E-state index is -3.68. The van der Waals surface area contributed by atoms with Gasteiger partial charge in [0.25, 0.3) is 0 Å². The normalized spacial score (nSPS) is 11.7.